The largest absolute Gasteiger partial charge is 0.673 e. The van der Waals surface area contributed by atoms with Gasteiger partial charge in [0, 0.05) is 0 Å². The summed E-state index contributed by atoms with van der Waals surface area (Å²) in [5, 5.41) is 4.32. The number of rotatable bonds is 3. The van der Waals surface area contributed by atoms with Crippen LogP contribution in [0.3, 0.4) is 0 Å². The average Bonchev–Trinajstić information content (AvgIpc) is 2.57. The molecule has 0 aliphatic carbocycles. The summed E-state index contributed by atoms with van der Waals surface area (Å²) in [6.07, 6.45) is 0. The van der Waals surface area contributed by atoms with Crippen molar-refractivity contribution >= 4 is 31.1 Å². The van der Waals surface area contributed by atoms with Crippen molar-refractivity contribution in [3.05, 3.63) is 90.5 Å². The molecule has 0 saturated carbocycles. The van der Waals surface area contributed by atoms with Gasteiger partial charge in [0.25, 0.3) is 0 Å². The van der Waals surface area contributed by atoms with Crippen molar-refractivity contribution in [3.8, 4) is 0 Å². The number of hydrogen-bond donors (Lipinski definition) is 0. The lowest BCUT2D eigenvalue weighted by Crippen LogP contribution is -2.20. The molecule has 0 radical (unpaired) electrons. The van der Waals surface area contributed by atoms with E-state index in [9.17, 15) is 17.3 Å². The Morgan fingerprint density at radius 1 is 0.560 bits per heavy atom. The summed E-state index contributed by atoms with van der Waals surface area (Å²) in [6, 6.07) is 30.7. The Morgan fingerprint density at radius 3 is 1.24 bits per heavy atom. The molecule has 0 saturated heterocycles. The molecule has 0 N–H and O–H groups in total. The predicted octanol–water partition coefficient (Wildman–Crippen LogP) is 4.79. The lowest BCUT2D eigenvalue weighted by Gasteiger charge is -2.10. The van der Waals surface area contributed by atoms with E-state index in [1.54, 1.807) is 0 Å². The Labute approximate surface area is 146 Å². The van der Waals surface area contributed by atoms with E-state index < -0.39 is 15.2 Å². The molecule has 25 heavy (non-hydrogen) atoms. The minimum absolute atomic E-state index is 0.894. The van der Waals surface area contributed by atoms with Crippen LogP contribution < -0.4 is 15.9 Å². The highest BCUT2D eigenvalue weighted by molar-refractivity contribution is 7.79. The van der Waals surface area contributed by atoms with Crippen molar-refractivity contribution in [2.45, 2.75) is 6.92 Å². The van der Waals surface area contributed by atoms with Crippen molar-refractivity contribution in [2.24, 2.45) is 0 Å². The minimum atomic E-state index is -6.00. The molecule has 3 rings (SSSR count). The molecule has 0 unspecified atom stereocenters. The molecular formula is C19H18BF4P. The summed E-state index contributed by atoms with van der Waals surface area (Å²) >= 11 is 0. The zero-order valence-corrected chi connectivity index (χ0v) is 14.7. The Morgan fingerprint density at radius 2 is 0.880 bits per heavy atom. The highest BCUT2D eigenvalue weighted by Gasteiger charge is 2.24. The van der Waals surface area contributed by atoms with Crippen molar-refractivity contribution < 1.29 is 17.3 Å². The normalized spacial score (nSPS) is 11.0. The fraction of sp³-hybridized carbons (Fsp3) is 0.0526. The molecular weight excluding hydrogens is 346 g/mol. The van der Waals surface area contributed by atoms with Gasteiger partial charge in [-0.15, -0.1) is 0 Å². The second-order valence-electron chi connectivity index (χ2n) is 5.47. The molecule has 3 aromatic rings. The lowest BCUT2D eigenvalue weighted by atomic mass is 10.2. The average molecular weight is 364 g/mol. The SMILES string of the molecule is Cc1ccc([PH+](c2ccccc2)c2ccccc2)cc1.F[B-](F)(F)F. The van der Waals surface area contributed by atoms with Gasteiger partial charge in [-0.1, -0.05) is 54.1 Å². The van der Waals surface area contributed by atoms with Crippen molar-refractivity contribution in [2.75, 3.05) is 0 Å². The molecule has 0 fully saturated rings. The maximum atomic E-state index is 9.75. The van der Waals surface area contributed by atoms with Gasteiger partial charge >= 0.3 is 7.25 Å². The molecule has 0 aliphatic heterocycles. The molecule has 0 atom stereocenters. The molecule has 0 nitrogen and oxygen atoms in total. The summed E-state index contributed by atoms with van der Waals surface area (Å²) in [5.74, 6) is 0. The van der Waals surface area contributed by atoms with Gasteiger partial charge in [0.05, 0.1) is 7.92 Å². The monoisotopic (exact) mass is 364 g/mol. The Hall–Kier alpha value is -2.13. The zero-order chi connectivity index (χ0) is 18.3. The second kappa shape index (κ2) is 8.82. The zero-order valence-electron chi connectivity index (χ0n) is 13.7. The predicted molar refractivity (Wildman–Crippen MR) is 101 cm³/mol. The maximum Gasteiger partial charge on any atom is 0.673 e. The van der Waals surface area contributed by atoms with Crippen LogP contribution in [-0.4, -0.2) is 7.25 Å². The standard InChI is InChI=1S/C19H17P.BF4/c1-16-12-14-19(15-13-16)20(17-8-4-2-5-9-17)18-10-6-3-7-11-18;2-1(3,4)5/h2-15H,1H3;/q;-1/p+1. The van der Waals surface area contributed by atoms with Crippen LogP contribution in [0.25, 0.3) is 0 Å². The highest BCUT2D eigenvalue weighted by atomic mass is 31.1. The van der Waals surface area contributed by atoms with Crippen LogP contribution in [0.5, 0.6) is 0 Å². The number of aryl methyl sites for hydroxylation is 1. The van der Waals surface area contributed by atoms with Gasteiger partial charge in [0.2, 0.25) is 0 Å². The smallest absolute Gasteiger partial charge is 0.418 e. The van der Waals surface area contributed by atoms with E-state index in [1.807, 2.05) is 0 Å². The Bertz CT molecular complexity index is 713. The van der Waals surface area contributed by atoms with E-state index in [-0.39, 0.29) is 0 Å². The number of hydrogen-bond acceptors (Lipinski definition) is 0. The third-order valence-electron chi connectivity index (χ3n) is 3.47. The van der Waals surface area contributed by atoms with Gasteiger partial charge in [-0.2, -0.15) is 0 Å². The minimum Gasteiger partial charge on any atom is -0.418 e. The van der Waals surface area contributed by atoms with Crippen LogP contribution >= 0.6 is 7.92 Å². The number of halogens is 4. The summed E-state index contributed by atoms with van der Waals surface area (Å²) in [6.45, 7) is 2.14. The maximum absolute atomic E-state index is 9.75. The quantitative estimate of drug-likeness (QED) is 0.356. The molecule has 6 heteroatoms. The fourth-order valence-electron chi connectivity index (χ4n) is 2.43. The van der Waals surface area contributed by atoms with Crippen LogP contribution in [-0.2, 0) is 0 Å². The van der Waals surface area contributed by atoms with E-state index in [0.29, 0.717) is 0 Å². The molecule has 0 spiro atoms. The van der Waals surface area contributed by atoms with Crippen LogP contribution in [0.4, 0.5) is 17.3 Å². The highest BCUT2D eigenvalue weighted by Crippen LogP contribution is 2.32. The first-order chi connectivity index (χ1) is 11.8. The van der Waals surface area contributed by atoms with Crippen molar-refractivity contribution in [3.63, 3.8) is 0 Å². The number of benzene rings is 3. The topological polar surface area (TPSA) is 0 Å². The Kier molecular flexibility index (Phi) is 6.77. The van der Waals surface area contributed by atoms with Gasteiger partial charge in [-0.3, -0.25) is 0 Å². The van der Waals surface area contributed by atoms with Crippen LogP contribution in [0.1, 0.15) is 5.56 Å². The van der Waals surface area contributed by atoms with E-state index in [4.69, 9.17) is 0 Å². The lowest BCUT2D eigenvalue weighted by molar-refractivity contribution is 0.368. The summed E-state index contributed by atoms with van der Waals surface area (Å²) in [5.41, 5.74) is 1.32. The van der Waals surface area contributed by atoms with Gasteiger partial charge in [-0.05, 0) is 43.3 Å². The summed E-state index contributed by atoms with van der Waals surface area (Å²) in [4.78, 5) is 0. The van der Waals surface area contributed by atoms with Crippen LogP contribution in [0.2, 0.25) is 0 Å². The first kappa shape index (κ1) is 19.2. The van der Waals surface area contributed by atoms with Crippen molar-refractivity contribution in [1.82, 2.24) is 0 Å². The molecule has 130 valence electrons. The molecule has 0 aromatic heterocycles. The van der Waals surface area contributed by atoms with E-state index in [0.717, 1.165) is 0 Å². The molecule has 0 bridgehead atoms. The van der Waals surface area contributed by atoms with Gasteiger partial charge < -0.3 is 17.3 Å². The van der Waals surface area contributed by atoms with Crippen molar-refractivity contribution in [1.29, 1.82) is 0 Å². The molecule has 0 heterocycles. The van der Waals surface area contributed by atoms with E-state index in [1.165, 1.54) is 21.5 Å². The third kappa shape index (κ3) is 6.71. The summed E-state index contributed by atoms with van der Waals surface area (Å²) in [7, 11) is -6.89. The van der Waals surface area contributed by atoms with E-state index in [2.05, 4.69) is 91.9 Å². The van der Waals surface area contributed by atoms with Gasteiger partial charge in [0.15, 0.2) is 0 Å². The first-order valence-corrected chi connectivity index (χ1v) is 9.27. The van der Waals surface area contributed by atoms with Crippen LogP contribution in [0, 0.1) is 6.92 Å². The molecule has 0 amide bonds. The third-order valence-corrected chi connectivity index (χ3v) is 6.20. The Balaban J connectivity index is 0.000000399. The fourth-order valence-corrected chi connectivity index (χ4v) is 4.98. The van der Waals surface area contributed by atoms with Crippen LogP contribution in [0.15, 0.2) is 84.9 Å². The molecule has 3 aromatic carbocycles. The first-order valence-electron chi connectivity index (χ1n) is 7.77. The van der Waals surface area contributed by atoms with Gasteiger partial charge in [0.1, 0.15) is 15.9 Å². The summed E-state index contributed by atoms with van der Waals surface area (Å²) < 4.78 is 39.0. The van der Waals surface area contributed by atoms with E-state index >= 15 is 0 Å². The second-order valence-corrected chi connectivity index (χ2v) is 7.95. The molecule has 0 aliphatic rings. The van der Waals surface area contributed by atoms with Gasteiger partial charge in [-0.25, -0.2) is 0 Å².